The van der Waals surface area contributed by atoms with E-state index in [1.807, 2.05) is 50.7 Å². The summed E-state index contributed by atoms with van der Waals surface area (Å²) < 4.78 is 1.98. The number of hydrogen-bond donors (Lipinski definition) is 2. The SMILES string of the molecule is Cn1cccc1CNC(=O)NC(C)(C)C. The minimum absolute atomic E-state index is 0.135. The van der Waals surface area contributed by atoms with E-state index in [1.54, 1.807) is 0 Å². The van der Waals surface area contributed by atoms with Crippen molar-refractivity contribution in [1.82, 2.24) is 15.2 Å². The number of aryl methyl sites for hydroxylation is 1. The summed E-state index contributed by atoms with van der Waals surface area (Å²) in [5, 5.41) is 5.65. The number of carbonyl (C=O) groups is 1. The van der Waals surface area contributed by atoms with Gasteiger partial charge in [-0.15, -0.1) is 0 Å². The molecule has 1 aromatic heterocycles. The van der Waals surface area contributed by atoms with Crippen molar-refractivity contribution < 1.29 is 4.79 Å². The quantitative estimate of drug-likeness (QED) is 0.764. The van der Waals surface area contributed by atoms with Gasteiger partial charge in [-0.1, -0.05) is 0 Å². The lowest BCUT2D eigenvalue weighted by Gasteiger charge is -2.20. The number of amides is 2. The van der Waals surface area contributed by atoms with Crippen molar-refractivity contribution in [2.45, 2.75) is 32.9 Å². The summed E-state index contributed by atoms with van der Waals surface area (Å²) in [6.07, 6.45) is 1.96. The normalized spacial score (nSPS) is 11.2. The third kappa shape index (κ3) is 4.06. The van der Waals surface area contributed by atoms with Crippen LogP contribution >= 0.6 is 0 Å². The Morgan fingerprint density at radius 1 is 1.47 bits per heavy atom. The van der Waals surface area contributed by atoms with Crippen LogP contribution in [0.3, 0.4) is 0 Å². The van der Waals surface area contributed by atoms with Gasteiger partial charge in [0, 0.05) is 24.5 Å². The molecular formula is C11H19N3O. The Morgan fingerprint density at radius 3 is 2.60 bits per heavy atom. The van der Waals surface area contributed by atoms with Gasteiger partial charge in [-0.2, -0.15) is 0 Å². The molecule has 0 saturated carbocycles. The lowest BCUT2D eigenvalue weighted by molar-refractivity contribution is 0.231. The van der Waals surface area contributed by atoms with Crippen LogP contribution in [0, 0.1) is 0 Å². The van der Waals surface area contributed by atoms with Crippen molar-refractivity contribution in [1.29, 1.82) is 0 Å². The van der Waals surface area contributed by atoms with Gasteiger partial charge < -0.3 is 15.2 Å². The molecule has 0 aromatic carbocycles. The molecule has 4 heteroatoms. The highest BCUT2D eigenvalue weighted by Gasteiger charge is 2.13. The number of urea groups is 1. The van der Waals surface area contributed by atoms with Crippen LogP contribution in [0.25, 0.3) is 0 Å². The zero-order valence-corrected chi connectivity index (χ0v) is 9.79. The van der Waals surface area contributed by atoms with Gasteiger partial charge in [0.25, 0.3) is 0 Å². The Labute approximate surface area is 90.7 Å². The maximum atomic E-state index is 11.4. The van der Waals surface area contributed by atoms with Crippen LogP contribution in [0.1, 0.15) is 26.5 Å². The Morgan fingerprint density at radius 2 is 2.13 bits per heavy atom. The minimum Gasteiger partial charge on any atom is -0.353 e. The molecule has 0 fully saturated rings. The third-order valence-electron chi connectivity index (χ3n) is 1.97. The van der Waals surface area contributed by atoms with E-state index in [0.29, 0.717) is 6.54 Å². The van der Waals surface area contributed by atoms with Crippen LogP contribution in [0.5, 0.6) is 0 Å². The monoisotopic (exact) mass is 209 g/mol. The molecular weight excluding hydrogens is 190 g/mol. The number of rotatable bonds is 2. The van der Waals surface area contributed by atoms with Crippen LogP contribution in [0.4, 0.5) is 4.79 Å². The summed E-state index contributed by atoms with van der Waals surface area (Å²) in [5.41, 5.74) is 0.886. The highest BCUT2D eigenvalue weighted by molar-refractivity contribution is 5.74. The van der Waals surface area contributed by atoms with Gasteiger partial charge in [0.15, 0.2) is 0 Å². The first-order valence-corrected chi connectivity index (χ1v) is 5.05. The first kappa shape index (κ1) is 11.6. The van der Waals surface area contributed by atoms with Crippen molar-refractivity contribution >= 4 is 6.03 Å². The molecule has 15 heavy (non-hydrogen) atoms. The van der Waals surface area contributed by atoms with Gasteiger partial charge in [0.05, 0.1) is 6.54 Å². The molecule has 0 spiro atoms. The first-order valence-electron chi connectivity index (χ1n) is 5.05. The van der Waals surface area contributed by atoms with Crippen LogP contribution < -0.4 is 10.6 Å². The van der Waals surface area contributed by atoms with E-state index in [2.05, 4.69) is 10.6 Å². The summed E-state index contributed by atoms with van der Waals surface area (Å²) in [4.78, 5) is 11.4. The molecule has 0 aliphatic rings. The number of carbonyl (C=O) groups excluding carboxylic acids is 1. The molecule has 2 amide bonds. The number of aromatic nitrogens is 1. The summed E-state index contributed by atoms with van der Waals surface area (Å²) in [5.74, 6) is 0. The van der Waals surface area contributed by atoms with E-state index in [1.165, 1.54) is 0 Å². The molecule has 84 valence electrons. The van der Waals surface area contributed by atoms with E-state index in [-0.39, 0.29) is 11.6 Å². The van der Waals surface area contributed by atoms with Gasteiger partial charge in [-0.3, -0.25) is 0 Å². The van der Waals surface area contributed by atoms with Gasteiger partial charge in [-0.05, 0) is 32.9 Å². The van der Waals surface area contributed by atoms with Crippen molar-refractivity contribution in [3.63, 3.8) is 0 Å². The van der Waals surface area contributed by atoms with E-state index in [4.69, 9.17) is 0 Å². The molecule has 0 saturated heterocycles. The molecule has 1 rings (SSSR count). The summed E-state index contributed by atoms with van der Waals surface area (Å²) in [6, 6.07) is 3.81. The van der Waals surface area contributed by atoms with Crippen LogP contribution in [-0.2, 0) is 13.6 Å². The largest absolute Gasteiger partial charge is 0.353 e. The number of nitrogens with zero attached hydrogens (tertiary/aromatic N) is 1. The van der Waals surface area contributed by atoms with Gasteiger partial charge in [0.2, 0.25) is 0 Å². The van der Waals surface area contributed by atoms with E-state index >= 15 is 0 Å². The molecule has 0 aliphatic heterocycles. The minimum atomic E-state index is -0.196. The summed E-state index contributed by atoms with van der Waals surface area (Å²) in [7, 11) is 1.96. The molecule has 0 radical (unpaired) electrons. The van der Waals surface area contributed by atoms with Crippen molar-refractivity contribution in [3.05, 3.63) is 24.0 Å². The van der Waals surface area contributed by atoms with Gasteiger partial charge in [0.1, 0.15) is 0 Å². The molecule has 0 atom stereocenters. The molecule has 0 unspecified atom stereocenters. The highest BCUT2D eigenvalue weighted by atomic mass is 16.2. The van der Waals surface area contributed by atoms with Crippen molar-refractivity contribution in [2.24, 2.45) is 7.05 Å². The zero-order chi connectivity index (χ0) is 11.5. The van der Waals surface area contributed by atoms with Crippen molar-refractivity contribution in [3.8, 4) is 0 Å². The fourth-order valence-electron chi connectivity index (χ4n) is 1.24. The molecule has 1 aromatic rings. The standard InChI is InChI=1S/C11H19N3O/c1-11(2,3)13-10(15)12-8-9-6-5-7-14(9)4/h5-7H,8H2,1-4H3,(H2,12,13,15). The van der Waals surface area contributed by atoms with E-state index in [0.717, 1.165) is 5.69 Å². The second-order valence-electron chi connectivity index (χ2n) is 4.67. The Bertz CT molecular complexity index is 336. The average molecular weight is 209 g/mol. The Kier molecular flexibility index (Phi) is 3.39. The maximum Gasteiger partial charge on any atom is 0.315 e. The van der Waals surface area contributed by atoms with Crippen LogP contribution in [-0.4, -0.2) is 16.1 Å². The molecule has 2 N–H and O–H groups in total. The van der Waals surface area contributed by atoms with E-state index < -0.39 is 0 Å². The maximum absolute atomic E-state index is 11.4. The predicted octanol–water partition coefficient (Wildman–Crippen LogP) is 1.62. The second-order valence-corrected chi connectivity index (χ2v) is 4.67. The van der Waals surface area contributed by atoms with Gasteiger partial charge in [-0.25, -0.2) is 4.79 Å². The second kappa shape index (κ2) is 4.38. The topological polar surface area (TPSA) is 46.1 Å². The Hall–Kier alpha value is -1.45. The summed E-state index contributed by atoms with van der Waals surface area (Å²) in [6.45, 7) is 6.41. The number of nitrogens with one attached hydrogen (secondary N) is 2. The zero-order valence-electron chi connectivity index (χ0n) is 9.79. The fourth-order valence-corrected chi connectivity index (χ4v) is 1.24. The molecule has 0 aliphatic carbocycles. The molecule has 4 nitrogen and oxygen atoms in total. The van der Waals surface area contributed by atoms with E-state index in [9.17, 15) is 4.79 Å². The lowest BCUT2D eigenvalue weighted by atomic mass is 10.1. The van der Waals surface area contributed by atoms with Gasteiger partial charge >= 0.3 is 6.03 Å². The predicted molar refractivity (Wildman–Crippen MR) is 60.5 cm³/mol. The summed E-state index contributed by atoms with van der Waals surface area (Å²) >= 11 is 0. The van der Waals surface area contributed by atoms with Crippen LogP contribution in [0.15, 0.2) is 18.3 Å². The molecule has 1 heterocycles. The van der Waals surface area contributed by atoms with Crippen LogP contribution in [0.2, 0.25) is 0 Å². The number of hydrogen-bond acceptors (Lipinski definition) is 1. The van der Waals surface area contributed by atoms with Crippen molar-refractivity contribution in [2.75, 3.05) is 0 Å². The first-order chi connectivity index (χ1) is 6.88. The lowest BCUT2D eigenvalue weighted by Crippen LogP contribution is -2.46. The average Bonchev–Trinajstić information content (AvgIpc) is 2.44. The smallest absolute Gasteiger partial charge is 0.315 e. The molecule has 0 bridgehead atoms. The Balaban J connectivity index is 2.38. The highest BCUT2D eigenvalue weighted by Crippen LogP contribution is 2.00. The fraction of sp³-hybridized carbons (Fsp3) is 0.545. The third-order valence-corrected chi connectivity index (χ3v) is 1.97.